The SMILES string of the molecule is CC(=O)n1ccc2cccc(OCC(O)CN3CCc4[nH]c5ccc(Cl)cc5c4C3)c21. The molecule has 0 amide bonds. The first kappa shape index (κ1) is 20.1. The van der Waals surface area contributed by atoms with Crippen LogP contribution in [-0.2, 0) is 13.0 Å². The van der Waals surface area contributed by atoms with Crippen molar-refractivity contribution in [2.24, 2.45) is 0 Å². The van der Waals surface area contributed by atoms with Gasteiger partial charge in [0.15, 0.2) is 0 Å². The van der Waals surface area contributed by atoms with Gasteiger partial charge in [0.1, 0.15) is 18.5 Å². The van der Waals surface area contributed by atoms with Crippen LogP contribution in [0.25, 0.3) is 21.8 Å². The molecule has 1 atom stereocenters. The van der Waals surface area contributed by atoms with Crippen LogP contribution in [0.15, 0.2) is 48.7 Å². The summed E-state index contributed by atoms with van der Waals surface area (Å²) in [6, 6.07) is 13.5. The van der Waals surface area contributed by atoms with E-state index in [0.29, 0.717) is 12.3 Å². The number of para-hydroxylation sites is 1. The minimum Gasteiger partial charge on any atom is -0.489 e. The van der Waals surface area contributed by atoms with Crippen molar-refractivity contribution in [3.8, 4) is 5.75 Å². The molecule has 0 bridgehead atoms. The van der Waals surface area contributed by atoms with Crippen molar-refractivity contribution < 1.29 is 14.6 Å². The van der Waals surface area contributed by atoms with E-state index in [-0.39, 0.29) is 12.5 Å². The van der Waals surface area contributed by atoms with Crippen molar-refractivity contribution in [1.29, 1.82) is 0 Å². The number of ether oxygens (including phenoxy) is 1. The lowest BCUT2D eigenvalue weighted by molar-refractivity contribution is 0.0642. The maximum Gasteiger partial charge on any atom is 0.228 e. The van der Waals surface area contributed by atoms with Gasteiger partial charge < -0.3 is 14.8 Å². The molecule has 0 radical (unpaired) electrons. The number of fused-ring (bicyclic) bond motifs is 4. The molecule has 2 N–H and O–H groups in total. The zero-order valence-electron chi connectivity index (χ0n) is 17.3. The summed E-state index contributed by atoms with van der Waals surface area (Å²) in [6.07, 6.45) is 2.00. The number of carbonyl (C=O) groups excluding carboxylic acids is 1. The topological polar surface area (TPSA) is 70.5 Å². The Balaban J connectivity index is 1.27. The van der Waals surface area contributed by atoms with E-state index in [2.05, 4.69) is 9.88 Å². The normalized spacial score (nSPS) is 15.3. The fraction of sp³-hybridized carbons (Fsp3) is 0.292. The van der Waals surface area contributed by atoms with Gasteiger partial charge in [0.05, 0.1) is 5.52 Å². The zero-order chi connectivity index (χ0) is 21.5. The van der Waals surface area contributed by atoms with Gasteiger partial charge in [-0.3, -0.25) is 14.3 Å². The Hall–Kier alpha value is -2.80. The number of rotatable bonds is 5. The summed E-state index contributed by atoms with van der Waals surface area (Å²) < 4.78 is 7.51. The van der Waals surface area contributed by atoms with Crippen molar-refractivity contribution in [3.05, 3.63) is 64.9 Å². The Bertz CT molecular complexity index is 1280. The van der Waals surface area contributed by atoms with E-state index < -0.39 is 6.10 Å². The molecule has 4 aromatic rings. The molecule has 0 saturated heterocycles. The predicted octanol–water partition coefficient (Wildman–Crippen LogP) is 4.23. The molecule has 0 saturated carbocycles. The number of aromatic amines is 1. The highest BCUT2D eigenvalue weighted by atomic mass is 35.5. The van der Waals surface area contributed by atoms with E-state index in [1.54, 1.807) is 10.8 Å². The molecule has 5 rings (SSSR count). The molecule has 160 valence electrons. The molecule has 0 fully saturated rings. The molecule has 2 aromatic carbocycles. The van der Waals surface area contributed by atoms with Crippen molar-refractivity contribution in [1.82, 2.24) is 14.5 Å². The summed E-state index contributed by atoms with van der Waals surface area (Å²) in [5, 5.41) is 13.5. The molecule has 1 unspecified atom stereocenters. The highest BCUT2D eigenvalue weighted by Gasteiger charge is 2.23. The highest BCUT2D eigenvalue weighted by Crippen LogP contribution is 2.30. The van der Waals surface area contributed by atoms with Crippen LogP contribution in [0.5, 0.6) is 5.75 Å². The Kier molecular flexibility index (Phi) is 5.22. The Morgan fingerprint density at radius 3 is 3.00 bits per heavy atom. The van der Waals surface area contributed by atoms with Gasteiger partial charge in [-0.15, -0.1) is 0 Å². The van der Waals surface area contributed by atoms with Crippen LogP contribution >= 0.6 is 11.6 Å². The van der Waals surface area contributed by atoms with Gasteiger partial charge in [-0.25, -0.2) is 0 Å². The third-order valence-corrected chi connectivity index (χ3v) is 6.17. The number of hydrogen-bond acceptors (Lipinski definition) is 4. The van der Waals surface area contributed by atoms with Crippen LogP contribution in [-0.4, -0.2) is 51.3 Å². The Morgan fingerprint density at radius 2 is 2.16 bits per heavy atom. The summed E-state index contributed by atoms with van der Waals surface area (Å²) in [5.41, 5.74) is 4.33. The molecule has 6 nitrogen and oxygen atoms in total. The summed E-state index contributed by atoms with van der Waals surface area (Å²) >= 11 is 6.20. The van der Waals surface area contributed by atoms with Crippen LogP contribution in [0.1, 0.15) is 23.0 Å². The van der Waals surface area contributed by atoms with E-state index in [0.717, 1.165) is 46.3 Å². The first-order valence-electron chi connectivity index (χ1n) is 10.4. The highest BCUT2D eigenvalue weighted by molar-refractivity contribution is 6.31. The number of aliphatic hydroxyl groups excluding tert-OH is 1. The van der Waals surface area contributed by atoms with E-state index in [1.165, 1.54) is 18.2 Å². The van der Waals surface area contributed by atoms with E-state index in [4.69, 9.17) is 16.3 Å². The summed E-state index contributed by atoms with van der Waals surface area (Å²) in [5.74, 6) is 0.526. The van der Waals surface area contributed by atoms with Crippen molar-refractivity contribution in [3.63, 3.8) is 0 Å². The van der Waals surface area contributed by atoms with Gasteiger partial charge in [0.2, 0.25) is 5.91 Å². The quantitative estimate of drug-likeness (QED) is 0.490. The van der Waals surface area contributed by atoms with Gasteiger partial charge in [0, 0.05) is 66.2 Å². The minimum absolute atomic E-state index is 0.0745. The van der Waals surface area contributed by atoms with Crippen molar-refractivity contribution >= 4 is 39.3 Å². The van der Waals surface area contributed by atoms with Gasteiger partial charge in [-0.05, 0) is 35.9 Å². The predicted molar refractivity (Wildman–Crippen MR) is 122 cm³/mol. The van der Waals surface area contributed by atoms with Crippen LogP contribution in [0.2, 0.25) is 5.02 Å². The lowest BCUT2D eigenvalue weighted by atomic mass is 10.0. The van der Waals surface area contributed by atoms with E-state index in [9.17, 15) is 9.90 Å². The average Bonchev–Trinajstić information content (AvgIpc) is 3.34. The van der Waals surface area contributed by atoms with Crippen molar-refractivity contribution in [2.75, 3.05) is 19.7 Å². The number of β-amino-alcohol motifs (C(OH)–C–C–N with tert-alkyl or cyclic N) is 1. The number of H-pyrrole nitrogens is 1. The maximum atomic E-state index is 11.9. The first-order valence-corrected chi connectivity index (χ1v) is 10.8. The number of benzene rings is 2. The summed E-state index contributed by atoms with van der Waals surface area (Å²) in [4.78, 5) is 17.6. The first-order chi connectivity index (χ1) is 15.0. The van der Waals surface area contributed by atoms with Gasteiger partial charge in [0.25, 0.3) is 0 Å². The molecule has 1 aliphatic rings. The van der Waals surface area contributed by atoms with Gasteiger partial charge in [-0.1, -0.05) is 23.7 Å². The monoisotopic (exact) mass is 437 g/mol. The van der Waals surface area contributed by atoms with Crippen LogP contribution in [0.4, 0.5) is 0 Å². The second kappa shape index (κ2) is 8.04. The molecular formula is C24H24ClN3O3. The smallest absolute Gasteiger partial charge is 0.228 e. The van der Waals surface area contributed by atoms with E-state index in [1.807, 2.05) is 42.5 Å². The third kappa shape index (κ3) is 3.82. The Morgan fingerprint density at radius 1 is 1.29 bits per heavy atom. The molecule has 2 aromatic heterocycles. The lowest BCUT2D eigenvalue weighted by Crippen LogP contribution is -2.38. The van der Waals surface area contributed by atoms with Gasteiger partial charge >= 0.3 is 0 Å². The second-order valence-corrected chi connectivity index (χ2v) is 8.56. The fourth-order valence-corrected chi connectivity index (χ4v) is 4.65. The standard InChI is InChI=1S/C24H24ClN3O3/c1-15(29)28-10-7-16-3-2-4-23(24(16)28)31-14-18(30)12-27-9-8-22-20(13-27)19-11-17(25)5-6-21(19)26-22/h2-7,10-11,18,26,30H,8-9,12-14H2,1H3. The van der Waals surface area contributed by atoms with Crippen LogP contribution in [0, 0.1) is 0 Å². The zero-order valence-corrected chi connectivity index (χ0v) is 18.0. The fourth-order valence-electron chi connectivity index (χ4n) is 4.47. The number of nitrogens with zero attached hydrogens (tertiary/aromatic N) is 2. The van der Waals surface area contributed by atoms with Crippen LogP contribution < -0.4 is 4.74 Å². The molecule has 0 aliphatic carbocycles. The molecule has 3 heterocycles. The third-order valence-electron chi connectivity index (χ3n) is 5.93. The summed E-state index contributed by atoms with van der Waals surface area (Å²) in [7, 11) is 0. The number of hydrogen-bond donors (Lipinski definition) is 2. The summed E-state index contributed by atoms with van der Waals surface area (Å²) in [6.45, 7) is 3.82. The molecule has 0 spiro atoms. The van der Waals surface area contributed by atoms with Crippen LogP contribution in [0.3, 0.4) is 0 Å². The largest absolute Gasteiger partial charge is 0.489 e. The second-order valence-electron chi connectivity index (χ2n) is 8.12. The number of aliphatic hydroxyl groups is 1. The number of halogens is 1. The Labute approximate surface area is 185 Å². The lowest BCUT2D eigenvalue weighted by Gasteiger charge is -2.29. The van der Waals surface area contributed by atoms with Crippen molar-refractivity contribution in [2.45, 2.75) is 26.0 Å². The average molecular weight is 438 g/mol. The molecule has 1 aliphatic heterocycles. The number of carbonyl (C=O) groups is 1. The molecular weight excluding hydrogens is 414 g/mol. The molecule has 7 heteroatoms. The molecule has 31 heavy (non-hydrogen) atoms. The number of nitrogens with one attached hydrogen (secondary N) is 1. The number of aromatic nitrogens is 2. The maximum absolute atomic E-state index is 11.9. The van der Waals surface area contributed by atoms with Gasteiger partial charge in [-0.2, -0.15) is 0 Å². The van der Waals surface area contributed by atoms with E-state index >= 15 is 0 Å². The minimum atomic E-state index is -0.647.